The maximum atomic E-state index is 5.96. The van der Waals surface area contributed by atoms with Crippen LogP contribution in [0.5, 0.6) is 11.5 Å². The van der Waals surface area contributed by atoms with Gasteiger partial charge in [-0.15, -0.1) is 0 Å². The lowest BCUT2D eigenvalue weighted by Gasteiger charge is -2.15. The van der Waals surface area contributed by atoms with Crippen molar-refractivity contribution in [1.82, 2.24) is 5.16 Å². The average molecular weight is 339 g/mol. The van der Waals surface area contributed by atoms with E-state index in [-0.39, 0.29) is 5.88 Å². The van der Waals surface area contributed by atoms with Crippen molar-refractivity contribution in [3.63, 3.8) is 0 Å². The van der Waals surface area contributed by atoms with Crippen molar-refractivity contribution in [3.05, 3.63) is 22.8 Å². The molecule has 1 aliphatic rings. The number of hydrogen-bond donors (Lipinski definition) is 1. The highest BCUT2D eigenvalue weighted by atomic mass is 79.9. The van der Waals surface area contributed by atoms with E-state index in [2.05, 4.69) is 21.1 Å². The Morgan fingerprint density at radius 3 is 2.85 bits per heavy atom. The number of hydrogen-bond acceptors (Lipinski definition) is 5. The minimum absolute atomic E-state index is 0.259. The van der Waals surface area contributed by atoms with Crippen molar-refractivity contribution in [2.45, 2.75) is 12.8 Å². The fourth-order valence-corrected chi connectivity index (χ4v) is 2.54. The van der Waals surface area contributed by atoms with E-state index in [1.165, 1.54) is 12.8 Å². The van der Waals surface area contributed by atoms with Gasteiger partial charge in [-0.3, -0.25) is 0 Å². The van der Waals surface area contributed by atoms with E-state index in [0.29, 0.717) is 29.6 Å². The third-order valence-electron chi connectivity index (χ3n) is 3.32. The normalized spacial score (nSPS) is 14.3. The molecule has 1 aliphatic carbocycles. The van der Waals surface area contributed by atoms with E-state index in [1.807, 2.05) is 12.1 Å². The molecule has 5 nitrogen and oxygen atoms in total. The van der Waals surface area contributed by atoms with Crippen LogP contribution in [0.15, 0.2) is 27.3 Å². The van der Waals surface area contributed by atoms with Crippen LogP contribution in [0.1, 0.15) is 12.8 Å². The van der Waals surface area contributed by atoms with Gasteiger partial charge in [0.1, 0.15) is 0 Å². The van der Waals surface area contributed by atoms with Gasteiger partial charge in [0.2, 0.25) is 5.88 Å². The monoisotopic (exact) mass is 338 g/mol. The van der Waals surface area contributed by atoms with E-state index in [9.17, 15) is 0 Å². The van der Waals surface area contributed by atoms with Gasteiger partial charge in [-0.05, 0) is 30.9 Å². The van der Waals surface area contributed by atoms with Gasteiger partial charge in [0.15, 0.2) is 11.5 Å². The molecule has 2 N–H and O–H groups in total. The molecule has 1 fully saturated rings. The molecular weight excluding hydrogens is 324 g/mol. The van der Waals surface area contributed by atoms with Crippen LogP contribution in [-0.2, 0) is 0 Å². The van der Waals surface area contributed by atoms with Crippen molar-refractivity contribution < 1.29 is 14.0 Å². The van der Waals surface area contributed by atoms with Crippen LogP contribution in [0.3, 0.4) is 0 Å². The second-order valence-corrected chi connectivity index (χ2v) is 5.67. The summed E-state index contributed by atoms with van der Waals surface area (Å²) in [6.07, 6.45) is 4.03. The molecule has 20 heavy (non-hydrogen) atoms. The second-order valence-electron chi connectivity index (χ2n) is 4.81. The predicted octanol–water partition coefficient (Wildman–Crippen LogP) is 3.48. The van der Waals surface area contributed by atoms with Crippen LogP contribution < -0.4 is 15.2 Å². The first-order valence-electron chi connectivity index (χ1n) is 6.40. The first-order chi connectivity index (χ1) is 9.70. The summed E-state index contributed by atoms with van der Waals surface area (Å²) in [5.74, 6) is 2.25. The van der Waals surface area contributed by atoms with Gasteiger partial charge in [-0.25, -0.2) is 0 Å². The third-order valence-corrected chi connectivity index (χ3v) is 3.98. The minimum Gasteiger partial charge on any atom is -0.493 e. The molecular formula is C14H15BrN2O3. The van der Waals surface area contributed by atoms with Crippen molar-refractivity contribution >= 4 is 21.8 Å². The molecule has 1 heterocycles. The molecule has 0 radical (unpaired) electrons. The van der Waals surface area contributed by atoms with Crippen molar-refractivity contribution in [2.24, 2.45) is 5.92 Å². The molecule has 2 aromatic rings. The quantitative estimate of drug-likeness (QED) is 0.903. The topological polar surface area (TPSA) is 70.5 Å². The molecule has 0 atom stereocenters. The van der Waals surface area contributed by atoms with Crippen LogP contribution in [-0.4, -0.2) is 18.9 Å². The molecule has 1 aromatic carbocycles. The van der Waals surface area contributed by atoms with E-state index >= 15 is 0 Å². The van der Waals surface area contributed by atoms with Crippen LogP contribution in [0.4, 0.5) is 5.88 Å². The van der Waals surface area contributed by atoms with Gasteiger partial charge >= 0.3 is 0 Å². The van der Waals surface area contributed by atoms with E-state index in [0.717, 1.165) is 10.0 Å². The van der Waals surface area contributed by atoms with Gasteiger partial charge < -0.3 is 19.7 Å². The van der Waals surface area contributed by atoms with Crippen molar-refractivity contribution in [2.75, 3.05) is 19.5 Å². The molecule has 3 rings (SSSR count). The third kappa shape index (κ3) is 2.47. The number of ether oxygens (including phenoxy) is 2. The van der Waals surface area contributed by atoms with E-state index < -0.39 is 0 Å². The summed E-state index contributed by atoms with van der Waals surface area (Å²) in [5, 5.41) is 3.73. The maximum Gasteiger partial charge on any atom is 0.230 e. The van der Waals surface area contributed by atoms with Gasteiger partial charge in [0.25, 0.3) is 0 Å². The number of methoxy groups -OCH3 is 1. The minimum atomic E-state index is 0.259. The largest absolute Gasteiger partial charge is 0.493 e. The summed E-state index contributed by atoms with van der Waals surface area (Å²) in [4.78, 5) is 0. The highest BCUT2D eigenvalue weighted by molar-refractivity contribution is 9.10. The molecule has 0 amide bonds. The molecule has 0 aliphatic heterocycles. The molecule has 0 spiro atoms. The lowest BCUT2D eigenvalue weighted by molar-refractivity contribution is 0.281. The van der Waals surface area contributed by atoms with Crippen LogP contribution >= 0.6 is 15.9 Å². The average Bonchev–Trinajstić information content (AvgIpc) is 3.18. The Bertz CT molecular complexity index is 623. The van der Waals surface area contributed by atoms with E-state index in [4.69, 9.17) is 19.7 Å². The molecule has 6 heteroatoms. The SMILES string of the molecule is COc1ccc(Br)c(-c2cnoc2N)c1OCC1CC1. The number of benzene rings is 1. The van der Waals surface area contributed by atoms with Crippen LogP contribution in [0, 0.1) is 5.92 Å². The zero-order valence-electron chi connectivity index (χ0n) is 11.1. The fourth-order valence-electron chi connectivity index (χ4n) is 2.02. The highest BCUT2D eigenvalue weighted by Crippen LogP contribution is 2.45. The molecule has 0 bridgehead atoms. The highest BCUT2D eigenvalue weighted by Gasteiger charge is 2.25. The smallest absolute Gasteiger partial charge is 0.230 e. The zero-order valence-corrected chi connectivity index (χ0v) is 12.6. The number of anilines is 1. The molecule has 1 saturated carbocycles. The standard InChI is InChI=1S/C14H15BrN2O3/c1-18-11-5-4-10(15)12(9-6-17-20-14(9)16)13(11)19-7-8-2-3-8/h4-6,8H,2-3,7,16H2,1H3. The van der Waals surface area contributed by atoms with Gasteiger partial charge in [0.05, 0.1) is 25.5 Å². The summed E-state index contributed by atoms with van der Waals surface area (Å²) >= 11 is 3.53. The number of nitrogens with zero attached hydrogens (tertiary/aromatic N) is 1. The number of nitrogens with two attached hydrogens (primary N) is 1. The van der Waals surface area contributed by atoms with Crippen LogP contribution in [0.25, 0.3) is 11.1 Å². The molecule has 106 valence electrons. The Labute approximate surface area is 125 Å². The van der Waals surface area contributed by atoms with Crippen LogP contribution in [0.2, 0.25) is 0 Å². The summed E-state index contributed by atoms with van der Waals surface area (Å²) in [5.41, 5.74) is 7.33. The first-order valence-corrected chi connectivity index (χ1v) is 7.19. The maximum absolute atomic E-state index is 5.96. The van der Waals surface area contributed by atoms with Gasteiger partial charge in [-0.1, -0.05) is 21.1 Å². The van der Waals surface area contributed by atoms with E-state index in [1.54, 1.807) is 13.3 Å². The Morgan fingerprint density at radius 1 is 1.45 bits per heavy atom. The number of halogens is 1. The van der Waals surface area contributed by atoms with Crippen molar-refractivity contribution in [3.8, 4) is 22.6 Å². The summed E-state index contributed by atoms with van der Waals surface area (Å²) in [6, 6.07) is 3.75. The number of nitrogen functional groups attached to an aromatic ring is 1. The van der Waals surface area contributed by atoms with Gasteiger partial charge in [-0.2, -0.15) is 0 Å². The Kier molecular flexibility index (Phi) is 3.56. The fraction of sp³-hybridized carbons (Fsp3) is 0.357. The Hall–Kier alpha value is -1.69. The first kappa shape index (κ1) is 13.3. The lowest BCUT2D eigenvalue weighted by Crippen LogP contribution is -2.03. The zero-order chi connectivity index (χ0) is 14.1. The second kappa shape index (κ2) is 5.36. The predicted molar refractivity (Wildman–Crippen MR) is 78.8 cm³/mol. The summed E-state index contributed by atoms with van der Waals surface area (Å²) < 4.78 is 17.2. The van der Waals surface area contributed by atoms with Gasteiger partial charge in [0, 0.05) is 10.0 Å². The summed E-state index contributed by atoms with van der Waals surface area (Å²) in [7, 11) is 1.62. The molecule has 1 aromatic heterocycles. The molecule has 0 saturated heterocycles. The lowest BCUT2D eigenvalue weighted by atomic mass is 10.1. The number of aromatic nitrogens is 1. The summed E-state index contributed by atoms with van der Waals surface area (Å²) in [6.45, 7) is 0.686. The Balaban J connectivity index is 2.07. The number of rotatable bonds is 5. The Morgan fingerprint density at radius 2 is 2.25 bits per heavy atom. The molecule has 0 unspecified atom stereocenters. The van der Waals surface area contributed by atoms with Crippen molar-refractivity contribution in [1.29, 1.82) is 0 Å².